The topological polar surface area (TPSA) is 90.4 Å². The first-order valence-corrected chi connectivity index (χ1v) is 9.87. The molecule has 1 N–H and O–H groups in total. The zero-order valence-corrected chi connectivity index (χ0v) is 17.7. The van der Waals surface area contributed by atoms with Gasteiger partial charge in [-0.3, -0.25) is 0 Å². The van der Waals surface area contributed by atoms with Crippen LogP contribution in [-0.4, -0.2) is 76.2 Å². The zero-order chi connectivity index (χ0) is 21.7. The summed E-state index contributed by atoms with van der Waals surface area (Å²) in [6.07, 6.45) is -0.992. The first-order valence-electron chi connectivity index (χ1n) is 9.87. The van der Waals surface area contributed by atoms with Gasteiger partial charge in [0.25, 0.3) is 0 Å². The Morgan fingerprint density at radius 3 is 2.17 bits per heavy atom. The van der Waals surface area contributed by atoms with Gasteiger partial charge in [-0.1, -0.05) is 44.2 Å². The van der Waals surface area contributed by atoms with Crippen LogP contribution in [0, 0.1) is 5.92 Å². The Morgan fingerprint density at radius 1 is 1.14 bits per heavy atom. The highest BCUT2D eigenvalue weighted by atomic mass is 16.5. The minimum absolute atomic E-state index is 0.141. The molecule has 1 saturated heterocycles. The number of piperazine rings is 1. The molecule has 0 aromatic heterocycles. The van der Waals surface area contributed by atoms with Gasteiger partial charge in [0.15, 0.2) is 0 Å². The van der Waals surface area contributed by atoms with Gasteiger partial charge in [-0.25, -0.2) is 14.4 Å². The fraction of sp³-hybridized carbons (Fsp3) is 0.571. The summed E-state index contributed by atoms with van der Waals surface area (Å²) in [6, 6.07) is 7.76. The Bertz CT molecular complexity index is 712. The molecule has 8 heteroatoms. The lowest BCUT2D eigenvalue weighted by Crippen LogP contribution is -2.63. The minimum Gasteiger partial charge on any atom is -0.465 e. The third-order valence-electron chi connectivity index (χ3n) is 5.23. The number of hydrogen-bond acceptors (Lipinski definition) is 4. The van der Waals surface area contributed by atoms with Crippen molar-refractivity contribution in [2.45, 2.75) is 52.4 Å². The van der Waals surface area contributed by atoms with Crippen LogP contribution < -0.4 is 0 Å². The second-order valence-electron chi connectivity index (χ2n) is 7.97. The number of urea groups is 1. The van der Waals surface area contributed by atoms with Gasteiger partial charge in [0.1, 0.15) is 12.6 Å². The van der Waals surface area contributed by atoms with E-state index in [1.807, 2.05) is 58.0 Å². The van der Waals surface area contributed by atoms with Crippen LogP contribution in [0.15, 0.2) is 30.3 Å². The Balaban J connectivity index is 2.09. The standard InChI is InChI=1S/C21H31N3O5/c1-14(2)18(19(25)29-13-17-9-7-6-8-10-17)22(5)20(26)24-15(3)11-23(21(27)28)12-16(24)4/h6-10,14-16,18H,11-13H2,1-5H3,(H,27,28)/t15-,16-,18?/m1/s1. The first kappa shape index (κ1) is 22.5. The van der Waals surface area contributed by atoms with E-state index < -0.39 is 18.1 Å². The predicted octanol–water partition coefficient (Wildman–Crippen LogP) is 2.88. The molecule has 3 amide bonds. The number of carbonyl (C=O) groups is 3. The SMILES string of the molecule is CC(C)C(C(=O)OCc1ccccc1)N(C)C(=O)N1[C@H](C)CN(C(=O)O)C[C@H]1C. The van der Waals surface area contributed by atoms with Crippen molar-refractivity contribution in [2.75, 3.05) is 20.1 Å². The summed E-state index contributed by atoms with van der Waals surface area (Å²) < 4.78 is 5.48. The maximum absolute atomic E-state index is 13.2. The molecule has 1 aromatic rings. The molecular weight excluding hydrogens is 374 g/mol. The lowest BCUT2D eigenvalue weighted by molar-refractivity contribution is -0.151. The molecule has 0 saturated carbocycles. The molecule has 1 aliphatic rings. The first-order chi connectivity index (χ1) is 13.6. The van der Waals surface area contributed by atoms with E-state index in [0.717, 1.165) is 5.56 Å². The molecule has 160 valence electrons. The van der Waals surface area contributed by atoms with Gasteiger partial charge in [-0.15, -0.1) is 0 Å². The molecule has 0 radical (unpaired) electrons. The van der Waals surface area contributed by atoms with Crippen LogP contribution in [0.4, 0.5) is 9.59 Å². The number of carbonyl (C=O) groups excluding carboxylic acids is 2. The third kappa shape index (κ3) is 5.40. The average molecular weight is 405 g/mol. The molecule has 3 atom stereocenters. The number of carboxylic acid groups (broad SMARTS) is 1. The highest BCUT2D eigenvalue weighted by Gasteiger charge is 2.40. The van der Waals surface area contributed by atoms with Crippen LogP contribution in [0.2, 0.25) is 0 Å². The summed E-state index contributed by atoms with van der Waals surface area (Å²) in [4.78, 5) is 41.6. The maximum atomic E-state index is 13.2. The van der Waals surface area contributed by atoms with Crippen molar-refractivity contribution >= 4 is 18.1 Å². The van der Waals surface area contributed by atoms with Gasteiger partial charge < -0.3 is 24.5 Å². The number of nitrogens with zero attached hydrogens (tertiary/aromatic N) is 3. The molecule has 29 heavy (non-hydrogen) atoms. The molecule has 1 fully saturated rings. The van der Waals surface area contributed by atoms with Gasteiger partial charge in [0.05, 0.1) is 0 Å². The quantitative estimate of drug-likeness (QED) is 0.761. The molecule has 1 aliphatic heterocycles. The minimum atomic E-state index is -0.992. The number of amides is 3. The van der Waals surface area contributed by atoms with E-state index in [2.05, 4.69) is 0 Å². The summed E-state index contributed by atoms with van der Waals surface area (Å²) in [5.74, 6) is -0.595. The molecule has 8 nitrogen and oxygen atoms in total. The number of esters is 1. The second kappa shape index (κ2) is 9.62. The van der Waals surface area contributed by atoms with Crippen LogP contribution >= 0.6 is 0 Å². The molecule has 1 unspecified atom stereocenters. The van der Waals surface area contributed by atoms with Crippen LogP contribution in [0.5, 0.6) is 0 Å². The number of ether oxygens (including phenoxy) is 1. The van der Waals surface area contributed by atoms with Crippen molar-refractivity contribution in [1.29, 1.82) is 0 Å². The molecular formula is C21H31N3O5. The lowest BCUT2D eigenvalue weighted by atomic mass is 10.0. The molecule has 0 bridgehead atoms. The second-order valence-corrected chi connectivity index (χ2v) is 7.97. The fourth-order valence-electron chi connectivity index (χ4n) is 3.85. The normalized spacial score (nSPS) is 20.3. The van der Waals surface area contributed by atoms with E-state index >= 15 is 0 Å². The van der Waals surface area contributed by atoms with Crippen molar-refractivity contribution in [1.82, 2.24) is 14.7 Å². The maximum Gasteiger partial charge on any atom is 0.407 e. The Labute approximate surface area is 172 Å². The van der Waals surface area contributed by atoms with Gasteiger partial charge >= 0.3 is 18.1 Å². The van der Waals surface area contributed by atoms with Crippen LogP contribution in [0.3, 0.4) is 0 Å². The number of likely N-dealkylation sites (N-methyl/N-ethyl adjacent to an activating group) is 1. The lowest BCUT2D eigenvalue weighted by Gasteiger charge is -2.45. The van der Waals surface area contributed by atoms with Crippen LogP contribution in [0.25, 0.3) is 0 Å². The average Bonchev–Trinajstić information content (AvgIpc) is 2.66. The van der Waals surface area contributed by atoms with Crippen LogP contribution in [0.1, 0.15) is 33.3 Å². The largest absolute Gasteiger partial charge is 0.465 e. The summed E-state index contributed by atoms with van der Waals surface area (Å²) in [5, 5.41) is 9.25. The van der Waals surface area contributed by atoms with E-state index in [4.69, 9.17) is 4.74 Å². The van der Waals surface area contributed by atoms with Crippen molar-refractivity contribution in [3.8, 4) is 0 Å². The summed E-state index contributed by atoms with van der Waals surface area (Å²) >= 11 is 0. The number of rotatable bonds is 5. The van der Waals surface area contributed by atoms with Crippen molar-refractivity contribution in [2.24, 2.45) is 5.92 Å². The summed E-state index contributed by atoms with van der Waals surface area (Å²) in [6.45, 7) is 7.99. The van der Waals surface area contributed by atoms with Crippen molar-refractivity contribution in [3.63, 3.8) is 0 Å². The molecule has 2 rings (SSSR count). The molecule has 0 aliphatic carbocycles. The fourth-order valence-corrected chi connectivity index (χ4v) is 3.85. The summed E-state index contributed by atoms with van der Waals surface area (Å²) in [5.41, 5.74) is 0.879. The monoisotopic (exact) mass is 405 g/mol. The van der Waals surface area contributed by atoms with E-state index in [9.17, 15) is 19.5 Å². The number of hydrogen-bond donors (Lipinski definition) is 1. The van der Waals surface area contributed by atoms with E-state index in [1.165, 1.54) is 9.80 Å². The van der Waals surface area contributed by atoms with Crippen LogP contribution in [-0.2, 0) is 16.1 Å². The van der Waals surface area contributed by atoms with E-state index in [1.54, 1.807) is 11.9 Å². The van der Waals surface area contributed by atoms with Crippen molar-refractivity contribution < 1.29 is 24.2 Å². The predicted molar refractivity (Wildman–Crippen MR) is 108 cm³/mol. The zero-order valence-electron chi connectivity index (χ0n) is 17.7. The Kier molecular flexibility index (Phi) is 7.47. The number of benzene rings is 1. The Morgan fingerprint density at radius 2 is 1.69 bits per heavy atom. The third-order valence-corrected chi connectivity index (χ3v) is 5.23. The molecule has 0 spiro atoms. The van der Waals surface area contributed by atoms with Gasteiger partial charge in [0.2, 0.25) is 0 Å². The van der Waals surface area contributed by atoms with Gasteiger partial charge in [-0.2, -0.15) is 0 Å². The highest BCUT2D eigenvalue weighted by Crippen LogP contribution is 2.21. The Hall–Kier alpha value is -2.77. The van der Waals surface area contributed by atoms with Gasteiger partial charge in [0, 0.05) is 32.2 Å². The van der Waals surface area contributed by atoms with E-state index in [-0.39, 0.29) is 43.7 Å². The highest BCUT2D eigenvalue weighted by molar-refractivity contribution is 5.84. The molecule has 1 heterocycles. The molecule has 1 aromatic carbocycles. The summed E-state index contributed by atoms with van der Waals surface area (Å²) in [7, 11) is 1.60. The smallest absolute Gasteiger partial charge is 0.407 e. The van der Waals surface area contributed by atoms with Crippen molar-refractivity contribution in [3.05, 3.63) is 35.9 Å². The van der Waals surface area contributed by atoms with Gasteiger partial charge in [-0.05, 0) is 25.3 Å². The van der Waals surface area contributed by atoms with E-state index in [0.29, 0.717) is 0 Å².